The number of carboxylic acids is 1. The van der Waals surface area contributed by atoms with Crippen LogP contribution in [0.3, 0.4) is 0 Å². The summed E-state index contributed by atoms with van der Waals surface area (Å²) in [7, 11) is 0. The van der Waals surface area contributed by atoms with E-state index in [-0.39, 0.29) is 30.9 Å². The molecule has 1 heterocycles. The highest BCUT2D eigenvalue weighted by molar-refractivity contribution is 7.80. The number of hydrogen-bond acceptors (Lipinski definition) is 7. The highest BCUT2D eigenvalue weighted by atomic mass is 32.1. The molecular formula is C26H32N4O6S. The molecule has 4 unspecified atom stereocenters. The summed E-state index contributed by atoms with van der Waals surface area (Å²) >= 11 is 3.97. The summed E-state index contributed by atoms with van der Waals surface area (Å²) in [5.41, 5.74) is 7.71. The van der Waals surface area contributed by atoms with Gasteiger partial charge in [-0.2, -0.15) is 12.6 Å². The van der Waals surface area contributed by atoms with Gasteiger partial charge in [0, 0.05) is 18.7 Å². The van der Waals surface area contributed by atoms with Gasteiger partial charge in [0.25, 0.3) is 0 Å². The van der Waals surface area contributed by atoms with Crippen LogP contribution in [0.5, 0.6) is 5.75 Å². The Hall–Kier alpha value is -3.57. The third kappa shape index (κ3) is 7.70. The summed E-state index contributed by atoms with van der Waals surface area (Å²) < 4.78 is 0. The summed E-state index contributed by atoms with van der Waals surface area (Å²) in [6.45, 7) is 0.285. The number of hydrogen-bond donors (Lipinski definition) is 6. The fraction of sp³-hybridized carbons (Fsp3) is 0.385. The number of aliphatic carboxylic acids is 1. The molecule has 1 fully saturated rings. The number of likely N-dealkylation sites (tertiary alicyclic amines) is 1. The summed E-state index contributed by atoms with van der Waals surface area (Å²) in [6, 6.07) is 11.5. The van der Waals surface area contributed by atoms with Gasteiger partial charge in [-0.15, -0.1) is 0 Å². The van der Waals surface area contributed by atoms with Crippen LogP contribution in [0.15, 0.2) is 54.6 Å². The maximum absolute atomic E-state index is 13.6. The molecule has 10 nitrogen and oxygen atoms in total. The number of benzene rings is 2. The molecule has 3 rings (SSSR count). The molecule has 2 aromatic rings. The molecule has 37 heavy (non-hydrogen) atoms. The zero-order valence-corrected chi connectivity index (χ0v) is 21.1. The molecule has 198 valence electrons. The summed E-state index contributed by atoms with van der Waals surface area (Å²) in [6.07, 6.45) is 1.31. The quantitative estimate of drug-likeness (QED) is 0.231. The van der Waals surface area contributed by atoms with E-state index < -0.39 is 47.9 Å². The molecule has 0 bridgehead atoms. The molecule has 4 atom stereocenters. The number of phenols is 1. The Morgan fingerprint density at radius 1 is 0.973 bits per heavy atom. The van der Waals surface area contributed by atoms with Gasteiger partial charge < -0.3 is 31.5 Å². The van der Waals surface area contributed by atoms with E-state index in [1.54, 1.807) is 12.1 Å². The Morgan fingerprint density at radius 3 is 2.24 bits per heavy atom. The van der Waals surface area contributed by atoms with Crippen molar-refractivity contribution in [3.63, 3.8) is 0 Å². The maximum Gasteiger partial charge on any atom is 0.327 e. The van der Waals surface area contributed by atoms with Crippen molar-refractivity contribution in [3.05, 3.63) is 65.7 Å². The Bertz CT molecular complexity index is 1100. The standard InChI is InChI=1S/C26H32N4O6S/c27-19(13-16-5-2-1-3-6-16)23(32)28-20(14-17-8-10-18(31)11-9-17)25(34)30-12-4-7-22(30)24(33)29-21(15-37)26(35)36/h1-3,5-6,8-11,19-22,31,37H,4,7,12-15,27H2,(H,28,32)(H,29,33)(H,35,36). The number of carboxylic acid groups (broad SMARTS) is 1. The van der Waals surface area contributed by atoms with Gasteiger partial charge in [0.1, 0.15) is 23.9 Å². The van der Waals surface area contributed by atoms with Gasteiger partial charge in [-0.3, -0.25) is 14.4 Å². The van der Waals surface area contributed by atoms with Crippen molar-refractivity contribution < 1.29 is 29.4 Å². The van der Waals surface area contributed by atoms with Gasteiger partial charge in [0.2, 0.25) is 17.7 Å². The second-order valence-corrected chi connectivity index (χ2v) is 9.36. The van der Waals surface area contributed by atoms with E-state index in [1.807, 2.05) is 30.3 Å². The minimum absolute atomic E-state index is 0.0639. The van der Waals surface area contributed by atoms with Crippen molar-refractivity contribution in [2.24, 2.45) is 5.73 Å². The number of rotatable bonds is 11. The predicted molar refractivity (Wildman–Crippen MR) is 140 cm³/mol. The van der Waals surface area contributed by atoms with Crippen LogP contribution in [0.4, 0.5) is 0 Å². The highest BCUT2D eigenvalue weighted by Gasteiger charge is 2.39. The number of carbonyl (C=O) groups is 4. The van der Waals surface area contributed by atoms with Crippen LogP contribution < -0.4 is 16.4 Å². The first-order chi connectivity index (χ1) is 17.7. The summed E-state index contributed by atoms with van der Waals surface area (Å²) in [5, 5.41) is 24.0. The van der Waals surface area contributed by atoms with Crippen LogP contribution in [0, 0.1) is 0 Å². The second kappa shape index (κ2) is 13.1. The van der Waals surface area contributed by atoms with Gasteiger partial charge in [-0.05, 0) is 42.5 Å². The van der Waals surface area contributed by atoms with Crippen molar-refractivity contribution in [1.82, 2.24) is 15.5 Å². The Morgan fingerprint density at radius 2 is 1.62 bits per heavy atom. The number of carbonyl (C=O) groups excluding carboxylic acids is 3. The average molecular weight is 529 g/mol. The molecule has 0 aliphatic carbocycles. The van der Waals surface area contributed by atoms with Gasteiger partial charge in [0.15, 0.2) is 0 Å². The molecule has 3 amide bonds. The number of aromatic hydroxyl groups is 1. The lowest BCUT2D eigenvalue weighted by atomic mass is 10.0. The molecule has 0 radical (unpaired) electrons. The normalized spacial score (nSPS) is 17.5. The molecule has 0 spiro atoms. The Labute approximate surface area is 220 Å². The SMILES string of the molecule is NC(Cc1ccccc1)C(=O)NC(Cc1ccc(O)cc1)C(=O)N1CCCC1C(=O)NC(CS)C(=O)O. The monoisotopic (exact) mass is 528 g/mol. The zero-order valence-electron chi connectivity index (χ0n) is 20.2. The molecule has 6 N–H and O–H groups in total. The van der Waals surface area contributed by atoms with Crippen molar-refractivity contribution in [2.75, 3.05) is 12.3 Å². The van der Waals surface area contributed by atoms with Crippen LogP contribution in [0.2, 0.25) is 0 Å². The third-order valence-electron chi connectivity index (χ3n) is 6.26. The molecule has 11 heteroatoms. The van der Waals surface area contributed by atoms with Crippen molar-refractivity contribution in [3.8, 4) is 5.75 Å². The van der Waals surface area contributed by atoms with Gasteiger partial charge in [-0.1, -0.05) is 42.5 Å². The van der Waals surface area contributed by atoms with Gasteiger partial charge in [0.05, 0.1) is 6.04 Å². The van der Waals surface area contributed by atoms with Crippen molar-refractivity contribution >= 4 is 36.3 Å². The van der Waals surface area contributed by atoms with Crippen LogP contribution in [0.25, 0.3) is 0 Å². The minimum Gasteiger partial charge on any atom is -0.508 e. The van der Waals surface area contributed by atoms with Crippen molar-refractivity contribution in [2.45, 2.75) is 49.9 Å². The smallest absolute Gasteiger partial charge is 0.327 e. The molecule has 0 aromatic heterocycles. The molecule has 1 aliphatic heterocycles. The number of phenolic OH excluding ortho intramolecular Hbond substituents is 1. The van der Waals surface area contributed by atoms with E-state index >= 15 is 0 Å². The van der Waals surface area contributed by atoms with Crippen LogP contribution in [-0.2, 0) is 32.0 Å². The number of nitrogens with two attached hydrogens (primary N) is 1. The Balaban J connectivity index is 1.77. The second-order valence-electron chi connectivity index (χ2n) is 9.00. The van der Waals surface area contributed by atoms with Crippen molar-refractivity contribution in [1.29, 1.82) is 0 Å². The highest BCUT2D eigenvalue weighted by Crippen LogP contribution is 2.21. The van der Waals surface area contributed by atoms with E-state index in [2.05, 4.69) is 23.3 Å². The lowest BCUT2D eigenvalue weighted by molar-refractivity contribution is -0.144. The van der Waals surface area contributed by atoms with Crippen LogP contribution in [0.1, 0.15) is 24.0 Å². The molecule has 1 saturated heterocycles. The lowest BCUT2D eigenvalue weighted by Crippen LogP contribution is -2.57. The topological polar surface area (TPSA) is 162 Å². The predicted octanol–water partition coefficient (Wildman–Crippen LogP) is 0.480. The zero-order chi connectivity index (χ0) is 26.9. The van der Waals surface area contributed by atoms with E-state index in [4.69, 9.17) is 5.73 Å². The maximum atomic E-state index is 13.6. The summed E-state index contributed by atoms with van der Waals surface area (Å²) in [4.78, 5) is 52.2. The fourth-order valence-corrected chi connectivity index (χ4v) is 4.51. The number of thiol groups is 1. The number of nitrogens with zero attached hydrogens (tertiary/aromatic N) is 1. The fourth-order valence-electron chi connectivity index (χ4n) is 4.26. The Kier molecular flexibility index (Phi) is 9.93. The van der Waals surface area contributed by atoms with Gasteiger partial charge in [-0.25, -0.2) is 4.79 Å². The van der Waals surface area contributed by atoms with E-state index in [0.29, 0.717) is 18.4 Å². The van der Waals surface area contributed by atoms with Crippen LogP contribution >= 0.6 is 12.6 Å². The molecular weight excluding hydrogens is 496 g/mol. The first-order valence-corrected chi connectivity index (χ1v) is 12.6. The molecule has 0 saturated carbocycles. The van der Waals surface area contributed by atoms with E-state index in [9.17, 15) is 29.4 Å². The third-order valence-corrected chi connectivity index (χ3v) is 6.63. The van der Waals surface area contributed by atoms with E-state index in [0.717, 1.165) is 5.56 Å². The first kappa shape index (κ1) is 28.0. The average Bonchev–Trinajstić information content (AvgIpc) is 3.38. The summed E-state index contributed by atoms with van der Waals surface area (Å²) in [5.74, 6) is -2.81. The number of nitrogens with one attached hydrogen (secondary N) is 2. The van der Waals surface area contributed by atoms with E-state index in [1.165, 1.54) is 17.0 Å². The number of amides is 3. The van der Waals surface area contributed by atoms with Crippen LogP contribution in [-0.4, -0.2) is 75.3 Å². The largest absolute Gasteiger partial charge is 0.508 e. The molecule has 1 aliphatic rings. The lowest BCUT2D eigenvalue weighted by Gasteiger charge is -2.30. The molecule has 2 aromatic carbocycles. The van der Waals surface area contributed by atoms with Gasteiger partial charge >= 0.3 is 5.97 Å². The minimum atomic E-state index is -1.22. The first-order valence-electron chi connectivity index (χ1n) is 12.0.